The van der Waals surface area contributed by atoms with Crippen LogP contribution in [0.15, 0.2) is 60.3 Å². The van der Waals surface area contributed by atoms with Crippen LogP contribution in [0.3, 0.4) is 0 Å². The third-order valence-corrected chi connectivity index (χ3v) is 18.9. The number of rotatable bonds is 59. The Morgan fingerprint density at radius 1 is 0.371 bits per heavy atom. The first-order chi connectivity index (χ1) is 46.4. The van der Waals surface area contributed by atoms with Crippen molar-refractivity contribution in [2.24, 2.45) is 21.7 Å². The van der Waals surface area contributed by atoms with Gasteiger partial charge in [-0.2, -0.15) is 0 Å². The molecule has 2 unspecified atom stereocenters. The Morgan fingerprint density at radius 3 is 0.918 bits per heavy atom. The highest BCUT2D eigenvalue weighted by Gasteiger charge is 2.25. The van der Waals surface area contributed by atoms with Gasteiger partial charge in [0.2, 0.25) is 0 Å². The fraction of sp³-hybridized carbons (Fsp3) is 0.791. The van der Waals surface area contributed by atoms with E-state index in [0.717, 1.165) is 101 Å². The number of aromatic amines is 2. The van der Waals surface area contributed by atoms with E-state index in [1.54, 1.807) is 0 Å². The fourth-order valence-corrected chi connectivity index (χ4v) is 13.5. The molecule has 0 saturated heterocycles. The molecule has 2 aromatic heterocycles. The predicted molar refractivity (Wildman–Crippen MR) is 413 cm³/mol. The lowest BCUT2D eigenvalue weighted by atomic mass is 9.89. The summed E-state index contributed by atoms with van der Waals surface area (Å²) < 4.78 is 39.4. The summed E-state index contributed by atoms with van der Waals surface area (Å²) in [6, 6.07) is 17.1. The Kier molecular flexibility index (Phi) is 43.8. The molecule has 0 spiro atoms. The SMILES string of the molecule is CC(C)=CN(CC(O)COCCCc1[nH]c2ccccc2c1C(OCCCCCCCCCC(C)(C)C)OCCCCCCCCCC(C)(C)C)CC(O)COCCCc1[nH]c2ccccc2c1C(OCCCCCCCCCC(C)(C)C)OCCCCCCCCCC(C)(C)C. The first-order valence-electron chi connectivity index (χ1n) is 39.9. The summed E-state index contributed by atoms with van der Waals surface area (Å²) in [6.07, 6.45) is 42.8. The van der Waals surface area contributed by atoms with E-state index in [-0.39, 0.29) is 13.2 Å². The molecule has 97 heavy (non-hydrogen) atoms. The molecule has 2 atom stereocenters. The molecule has 2 heterocycles. The highest BCUT2D eigenvalue weighted by molar-refractivity contribution is 5.85. The first kappa shape index (κ1) is 86.1. The minimum absolute atomic E-state index is 0.199. The van der Waals surface area contributed by atoms with Crippen molar-refractivity contribution in [3.05, 3.63) is 82.8 Å². The van der Waals surface area contributed by atoms with Crippen LogP contribution in [0.4, 0.5) is 0 Å². The van der Waals surface area contributed by atoms with Gasteiger partial charge in [-0.25, -0.2) is 0 Å². The number of aliphatic hydroxyl groups excluding tert-OH is 2. The van der Waals surface area contributed by atoms with Crippen molar-refractivity contribution in [2.75, 3.05) is 65.9 Å². The van der Waals surface area contributed by atoms with Crippen LogP contribution in [-0.2, 0) is 41.3 Å². The highest BCUT2D eigenvalue weighted by Crippen LogP contribution is 2.36. The number of hydrogen-bond acceptors (Lipinski definition) is 9. The molecule has 11 heteroatoms. The standard InChI is InChI=1S/C86H151N3O8/c1-70(2)65-89(66-71(90)68-92-59-47-53-77-79(73-49-35-37-51-75(73)87-77)81(94-61-43-31-23-15-19-27-39-55-83(3,4)5)95-62-44-32-24-16-20-28-40-56-84(6,7)8)67-72(91)69-93-60-48-54-78-80(74-50-36-38-52-76(74)88-78)82(96-63-45-33-25-17-21-29-41-57-85(9,10)11)97-64-46-34-26-18-22-30-42-58-86(12,13)14/h35-38,49-52,65,71-72,81-82,87-88,90-91H,15-34,39-48,53-64,66-69H2,1-14H3. The van der Waals surface area contributed by atoms with E-state index in [0.29, 0.717) is 74.4 Å². The summed E-state index contributed by atoms with van der Waals surface area (Å²) in [5.74, 6) is 0. The van der Waals surface area contributed by atoms with Gasteiger partial charge < -0.3 is 53.5 Å². The van der Waals surface area contributed by atoms with Crippen LogP contribution in [0.1, 0.15) is 350 Å². The monoisotopic (exact) mass is 1350 g/mol. The molecule has 2 aromatic carbocycles. The van der Waals surface area contributed by atoms with Gasteiger partial charge in [-0.3, -0.25) is 0 Å². The number of aryl methyl sites for hydroxylation is 2. The molecule has 0 aliphatic heterocycles. The molecule has 0 aliphatic rings. The summed E-state index contributed by atoms with van der Waals surface area (Å²) in [5, 5.41) is 25.0. The van der Waals surface area contributed by atoms with Crippen molar-refractivity contribution in [3.8, 4) is 0 Å². The largest absolute Gasteiger partial charge is 0.389 e. The van der Waals surface area contributed by atoms with Gasteiger partial charge in [-0.1, -0.05) is 279 Å². The smallest absolute Gasteiger partial charge is 0.186 e. The Bertz CT molecular complexity index is 2350. The minimum Gasteiger partial charge on any atom is -0.389 e. The molecule has 0 aliphatic carbocycles. The molecule has 4 rings (SSSR count). The number of aromatic nitrogens is 2. The van der Waals surface area contributed by atoms with Crippen LogP contribution in [-0.4, -0.2) is 103 Å². The van der Waals surface area contributed by atoms with Crippen molar-refractivity contribution < 1.29 is 38.6 Å². The maximum atomic E-state index is 11.4. The van der Waals surface area contributed by atoms with Crippen LogP contribution in [0.25, 0.3) is 21.8 Å². The summed E-state index contributed by atoms with van der Waals surface area (Å²) in [7, 11) is 0. The summed E-state index contributed by atoms with van der Waals surface area (Å²) >= 11 is 0. The molecular formula is C86H151N3O8. The van der Waals surface area contributed by atoms with Gasteiger partial charge in [-0.05, 0) is 131 Å². The van der Waals surface area contributed by atoms with E-state index in [2.05, 4.69) is 142 Å². The second-order valence-corrected chi connectivity index (χ2v) is 34.2. The van der Waals surface area contributed by atoms with Crippen LogP contribution < -0.4 is 0 Å². The van der Waals surface area contributed by atoms with E-state index in [1.807, 2.05) is 24.9 Å². The van der Waals surface area contributed by atoms with Gasteiger partial charge in [0.25, 0.3) is 0 Å². The van der Waals surface area contributed by atoms with Crippen LogP contribution in [0.5, 0.6) is 0 Å². The van der Waals surface area contributed by atoms with Gasteiger partial charge in [-0.15, -0.1) is 0 Å². The number of nitrogens with zero attached hydrogens (tertiary/aromatic N) is 1. The Hall–Kier alpha value is -3.26. The number of nitrogens with one attached hydrogen (secondary N) is 2. The lowest BCUT2D eigenvalue weighted by Gasteiger charge is -2.26. The van der Waals surface area contributed by atoms with Crippen molar-refractivity contribution in [1.29, 1.82) is 0 Å². The first-order valence-corrected chi connectivity index (χ1v) is 39.9. The van der Waals surface area contributed by atoms with Crippen LogP contribution in [0.2, 0.25) is 0 Å². The number of para-hydroxylation sites is 2. The molecular weight excluding hydrogens is 1200 g/mol. The van der Waals surface area contributed by atoms with E-state index in [1.165, 1.54) is 180 Å². The van der Waals surface area contributed by atoms with Crippen LogP contribution in [0, 0.1) is 21.7 Å². The second kappa shape index (κ2) is 49.4. The quantitative estimate of drug-likeness (QED) is 0.0252. The summed E-state index contributed by atoms with van der Waals surface area (Å²) in [4.78, 5) is 9.50. The number of H-pyrrole nitrogens is 2. The topological polar surface area (TPSA) is 131 Å². The number of allylic oxidation sites excluding steroid dienone is 1. The molecule has 0 radical (unpaired) electrons. The third kappa shape index (κ3) is 42.1. The van der Waals surface area contributed by atoms with Gasteiger partial charge in [0.1, 0.15) is 0 Å². The molecule has 0 fully saturated rings. The third-order valence-electron chi connectivity index (χ3n) is 18.9. The molecule has 11 nitrogen and oxygen atoms in total. The zero-order valence-electron chi connectivity index (χ0n) is 65.3. The van der Waals surface area contributed by atoms with Crippen molar-refractivity contribution in [2.45, 2.75) is 353 Å². The number of hydrogen-bond donors (Lipinski definition) is 4. The van der Waals surface area contributed by atoms with Crippen molar-refractivity contribution in [1.82, 2.24) is 14.9 Å². The maximum absolute atomic E-state index is 11.4. The van der Waals surface area contributed by atoms with Crippen molar-refractivity contribution >= 4 is 21.8 Å². The average Bonchev–Trinajstić information content (AvgIpc) is 1.65. The number of fused-ring (bicyclic) bond motifs is 2. The summed E-state index contributed by atoms with van der Waals surface area (Å²) in [5.41, 5.74) is 9.47. The minimum atomic E-state index is -0.737. The number of ether oxygens (including phenoxy) is 6. The van der Waals surface area contributed by atoms with E-state index in [9.17, 15) is 10.2 Å². The molecule has 4 aromatic rings. The van der Waals surface area contributed by atoms with E-state index in [4.69, 9.17) is 28.4 Å². The zero-order valence-corrected chi connectivity index (χ0v) is 65.3. The summed E-state index contributed by atoms with van der Waals surface area (Å²) in [6.45, 7) is 37.0. The van der Waals surface area contributed by atoms with Gasteiger partial charge in [0.15, 0.2) is 12.6 Å². The number of unbranched alkanes of at least 4 members (excludes halogenated alkanes) is 24. The lowest BCUT2D eigenvalue weighted by molar-refractivity contribution is -0.148. The number of benzene rings is 2. The molecule has 0 bridgehead atoms. The lowest BCUT2D eigenvalue weighted by Crippen LogP contribution is -2.38. The maximum Gasteiger partial charge on any atom is 0.186 e. The van der Waals surface area contributed by atoms with Gasteiger partial charge in [0.05, 0.1) is 51.8 Å². The van der Waals surface area contributed by atoms with Crippen molar-refractivity contribution in [3.63, 3.8) is 0 Å². The Balaban J connectivity index is 1.27. The van der Waals surface area contributed by atoms with Gasteiger partial charge >= 0.3 is 0 Å². The Morgan fingerprint density at radius 2 is 0.639 bits per heavy atom. The normalized spacial score (nSPS) is 13.3. The molecule has 0 amide bonds. The van der Waals surface area contributed by atoms with E-state index < -0.39 is 24.8 Å². The number of aliphatic hydroxyl groups is 2. The molecule has 558 valence electrons. The van der Waals surface area contributed by atoms with E-state index >= 15 is 0 Å². The fourth-order valence-electron chi connectivity index (χ4n) is 13.5. The molecule has 0 saturated carbocycles. The Labute approximate surface area is 595 Å². The predicted octanol–water partition coefficient (Wildman–Crippen LogP) is 23.9. The molecule has 4 N–H and O–H groups in total. The second-order valence-electron chi connectivity index (χ2n) is 34.2. The van der Waals surface area contributed by atoms with Crippen LogP contribution >= 0.6 is 0 Å². The highest BCUT2D eigenvalue weighted by atomic mass is 16.7. The zero-order chi connectivity index (χ0) is 70.6. The average molecular weight is 1360 g/mol. The van der Waals surface area contributed by atoms with Gasteiger partial charge in [0, 0.05) is 70.6 Å².